The molecule has 0 atom stereocenters. The third-order valence-electron chi connectivity index (χ3n) is 2.51. The predicted octanol–water partition coefficient (Wildman–Crippen LogP) is 1.18. The largest absolute Gasteiger partial charge is 0.382 e. The fourth-order valence-electron chi connectivity index (χ4n) is 1.68. The highest BCUT2D eigenvalue weighted by atomic mass is 15.2. The van der Waals surface area contributed by atoms with Gasteiger partial charge in [0.15, 0.2) is 11.5 Å². The average molecular weight is 220 g/mol. The van der Waals surface area contributed by atoms with Crippen molar-refractivity contribution in [2.45, 2.75) is 32.7 Å². The Morgan fingerprint density at radius 1 is 1.25 bits per heavy atom. The number of nitrogens with zero attached hydrogens (tertiary/aromatic N) is 4. The van der Waals surface area contributed by atoms with Crippen LogP contribution in [0.2, 0.25) is 0 Å². The maximum absolute atomic E-state index is 5.72. The smallest absolute Gasteiger partial charge is 0.224 e. The van der Waals surface area contributed by atoms with E-state index in [1.165, 1.54) is 12.8 Å². The molecule has 0 aliphatic rings. The van der Waals surface area contributed by atoms with Gasteiger partial charge in [0.25, 0.3) is 0 Å². The van der Waals surface area contributed by atoms with Crippen LogP contribution in [0, 0.1) is 0 Å². The molecule has 0 aromatic carbocycles. The Labute approximate surface area is 93.7 Å². The van der Waals surface area contributed by atoms with Crippen molar-refractivity contribution < 1.29 is 0 Å². The summed E-state index contributed by atoms with van der Waals surface area (Å²) in [6.45, 7) is 3.06. The molecule has 0 radical (unpaired) electrons. The minimum atomic E-state index is 0.197. The van der Waals surface area contributed by atoms with Crippen LogP contribution in [0.5, 0.6) is 0 Å². The molecule has 6 nitrogen and oxygen atoms in total. The van der Waals surface area contributed by atoms with Crippen LogP contribution in [0.25, 0.3) is 11.2 Å². The van der Waals surface area contributed by atoms with E-state index in [1.54, 1.807) is 6.33 Å². The molecule has 0 fully saturated rings. The number of imidazole rings is 1. The summed E-state index contributed by atoms with van der Waals surface area (Å²) in [4.78, 5) is 12.2. The molecule has 86 valence electrons. The van der Waals surface area contributed by atoms with E-state index in [0.717, 1.165) is 18.6 Å². The van der Waals surface area contributed by atoms with Crippen LogP contribution in [0.1, 0.15) is 26.2 Å². The van der Waals surface area contributed by atoms with Gasteiger partial charge in [0, 0.05) is 6.54 Å². The maximum atomic E-state index is 5.72. The Balaban J connectivity index is 2.32. The van der Waals surface area contributed by atoms with Crippen LogP contribution in [0.15, 0.2) is 6.33 Å². The highest BCUT2D eigenvalue weighted by molar-refractivity contribution is 5.82. The first-order valence-corrected chi connectivity index (χ1v) is 5.46. The lowest BCUT2D eigenvalue weighted by atomic mass is 10.2. The molecule has 0 unspecified atom stereocenters. The Morgan fingerprint density at radius 3 is 2.81 bits per heavy atom. The quantitative estimate of drug-likeness (QED) is 0.754. The van der Waals surface area contributed by atoms with Gasteiger partial charge in [0.1, 0.15) is 5.52 Å². The summed E-state index contributed by atoms with van der Waals surface area (Å²) in [7, 11) is 0. The van der Waals surface area contributed by atoms with Gasteiger partial charge in [0.2, 0.25) is 5.95 Å². The van der Waals surface area contributed by atoms with Crippen LogP contribution in [0.4, 0.5) is 11.8 Å². The lowest BCUT2D eigenvalue weighted by Crippen LogP contribution is -2.03. The summed E-state index contributed by atoms with van der Waals surface area (Å²) in [6.07, 6.45) is 5.22. The van der Waals surface area contributed by atoms with E-state index in [9.17, 15) is 0 Å². The first-order chi connectivity index (χ1) is 7.72. The molecule has 2 rings (SSSR count). The molecule has 16 heavy (non-hydrogen) atoms. The summed E-state index contributed by atoms with van der Waals surface area (Å²) in [5.41, 5.74) is 12.6. The van der Waals surface area contributed by atoms with Gasteiger partial charge in [-0.3, -0.25) is 0 Å². The summed E-state index contributed by atoms with van der Waals surface area (Å²) in [6, 6.07) is 0. The van der Waals surface area contributed by atoms with E-state index in [2.05, 4.69) is 21.9 Å². The molecular formula is C10H16N6. The second-order valence-corrected chi connectivity index (χ2v) is 3.78. The first-order valence-electron chi connectivity index (χ1n) is 5.46. The number of rotatable bonds is 4. The summed E-state index contributed by atoms with van der Waals surface area (Å²) >= 11 is 0. The number of anilines is 2. The predicted molar refractivity (Wildman–Crippen MR) is 63.7 cm³/mol. The molecule has 6 heteroatoms. The number of nitrogens with two attached hydrogens (primary N) is 2. The first kappa shape index (κ1) is 10.7. The van der Waals surface area contributed by atoms with Gasteiger partial charge >= 0.3 is 0 Å². The topological polar surface area (TPSA) is 95.6 Å². The number of aromatic nitrogens is 4. The molecule has 0 aliphatic heterocycles. The van der Waals surface area contributed by atoms with Gasteiger partial charge in [-0.15, -0.1) is 0 Å². The second-order valence-electron chi connectivity index (χ2n) is 3.78. The zero-order chi connectivity index (χ0) is 11.5. The maximum Gasteiger partial charge on any atom is 0.224 e. The Bertz CT molecular complexity index is 489. The number of nitrogen functional groups attached to an aromatic ring is 2. The molecule has 0 bridgehead atoms. The van der Waals surface area contributed by atoms with Gasteiger partial charge in [-0.2, -0.15) is 9.97 Å². The number of fused-ring (bicyclic) bond motifs is 1. The Hall–Kier alpha value is -1.85. The fourth-order valence-corrected chi connectivity index (χ4v) is 1.68. The molecule has 0 amide bonds. The highest BCUT2D eigenvalue weighted by Crippen LogP contribution is 2.17. The third-order valence-corrected chi connectivity index (χ3v) is 2.51. The standard InChI is InChI=1S/C10H16N6/c1-2-3-4-5-16-6-13-7-8(11)14-10(12)15-9(7)16/h6H,2-5H2,1H3,(H4,11,12,14,15). The van der Waals surface area contributed by atoms with Crippen molar-refractivity contribution >= 4 is 22.9 Å². The van der Waals surface area contributed by atoms with Gasteiger partial charge in [-0.05, 0) is 6.42 Å². The molecule has 2 aromatic heterocycles. The van der Waals surface area contributed by atoms with E-state index in [-0.39, 0.29) is 5.95 Å². The van der Waals surface area contributed by atoms with E-state index in [1.807, 2.05) is 4.57 Å². The van der Waals surface area contributed by atoms with E-state index in [0.29, 0.717) is 11.3 Å². The lowest BCUT2D eigenvalue weighted by molar-refractivity contribution is 0.610. The van der Waals surface area contributed by atoms with Gasteiger partial charge in [0.05, 0.1) is 6.33 Å². The molecule has 2 heterocycles. The zero-order valence-electron chi connectivity index (χ0n) is 9.35. The van der Waals surface area contributed by atoms with Crippen LogP contribution < -0.4 is 11.5 Å². The van der Waals surface area contributed by atoms with E-state index in [4.69, 9.17) is 11.5 Å². The van der Waals surface area contributed by atoms with Crippen molar-refractivity contribution in [3.63, 3.8) is 0 Å². The average Bonchev–Trinajstić information content (AvgIpc) is 2.62. The molecule has 0 saturated carbocycles. The van der Waals surface area contributed by atoms with Gasteiger partial charge in [-0.25, -0.2) is 4.98 Å². The minimum Gasteiger partial charge on any atom is -0.382 e. The van der Waals surface area contributed by atoms with Crippen molar-refractivity contribution in [1.29, 1.82) is 0 Å². The number of hydrogen-bond acceptors (Lipinski definition) is 5. The summed E-state index contributed by atoms with van der Waals surface area (Å²) < 4.78 is 1.97. The van der Waals surface area contributed by atoms with Crippen molar-refractivity contribution in [2.24, 2.45) is 0 Å². The molecule has 0 saturated heterocycles. The van der Waals surface area contributed by atoms with Gasteiger partial charge < -0.3 is 16.0 Å². The Morgan fingerprint density at radius 2 is 2.06 bits per heavy atom. The SMILES string of the molecule is CCCCCn1cnc2c(N)nc(N)nc21. The summed E-state index contributed by atoms with van der Waals surface area (Å²) in [5.74, 6) is 0.541. The van der Waals surface area contributed by atoms with Gasteiger partial charge in [-0.1, -0.05) is 19.8 Å². The number of hydrogen-bond donors (Lipinski definition) is 2. The van der Waals surface area contributed by atoms with Crippen molar-refractivity contribution in [2.75, 3.05) is 11.5 Å². The third kappa shape index (κ3) is 1.91. The van der Waals surface area contributed by atoms with Crippen molar-refractivity contribution in [3.05, 3.63) is 6.33 Å². The van der Waals surface area contributed by atoms with Crippen molar-refractivity contribution in [1.82, 2.24) is 19.5 Å². The molecule has 0 aliphatic carbocycles. The minimum absolute atomic E-state index is 0.197. The second kappa shape index (κ2) is 4.34. The highest BCUT2D eigenvalue weighted by Gasteiger charge is 2.09. The number of unbranched alkanes of at least 4 members (excludes halogenated alkanes) is 2. The van der Waals surface area contributed by atoms with Crippen LogP contribution in [0.3, 0.4) is 0 Å². The Kier molecular flexibility index (Phi) is 2.89. The molecule has 2 aromatic rings. The van der Waals surface area contributed by atoms with Crippen molar-refractivity contribution in [3.8, 4) is 0 Å². The normalized spacial score (nSPS) is 11.1. The lowest BCUT2D eigenvalue weighted by Gasteiger charge is -2.03. The van der Waals surface area contributed by atoms with E-state index < -0.39 is 0 Å². The van der Waals surface area contributed by atoms with E-state index >= 15 is 0 Å². The van der Waals surface area contributed by atoms with Crippen LogP contribution in [-0.2, 0) is 6.54 Å². The zero-order valence-corrected chi connectivity index (χ0v) is 9.35. The molecule has 4 N–H and O–H groups in total. The molecular weight excluding hydrogens is 204 g/mol. The summed E-state index contributed by atoms with van der Waals surface area (Å²) in [5, 5.41) is 0. The number of aryl methyl sites for hydroxylation is 1. The van der Waals surface area contributed by atoms with Crippen LogP contribution >= 0.6 is 0 Å². The van der Waals surface area contributed by atoms with Crippen LogP contribution in [-0.4, -0.2) is 19.5 Å². The monoisotopic (exact) mass is 220 g/mol. The molecule has 0 spiro atoms. The fraction of sp³-hybridized carbons (Fsp3) is 0.500.